The molecule has 5 nitrogen and oxygen atoms in total. The third-order valence-corrected chi connectivity index (χ3v) is 3.36. The van der Waals surface area contributed by atoms with Gasteiger partial charge in [0.05, 0.1) is 16.5 Å². The van der Waals surface area contributed by atoms with Gasteiger partial charge >= 0.3 is 0 Å². The van der Waals surface area contributed by atoms with E-state index in [1.54, 1.807) is 11.7 Å². The first-order valence-corrected chi connectivity index (χ1v) is 6.05. The summed E-state index contributed by atoms with van der Waals surface area (Å²) in [5, 5.41) is 13.8. The number of anilines is 1. The Balaban J connectivity index is 2.28. The molecule has 0 aliphatic heterocycles. The third kappa shape index (κ3) is 2.62. The Morgan fingerprint density at radius 2 is 2.33 bits per heavy atom. The molecule has 0 fully saturated rings. The molecule has 0 saturated heterocycles. The van der Waals surface area contributed by atoms with Crippen molar-refractivity contribution in [2.45, 2.75) is 13.0 Å². The van der Waals surface area contributed by atoms with Gasteiger partial charge in [0.25, 0.3) is 5.69 Å². The van der Waals surface area contributed by atoms with Crippen molar-refractivity contribution >= 4 is 22.7 Å². The lowest BCUT2D eigenvalue weighted by Gasteiger charge is -2.13. The first kappa shape index (κ1) is 12.4. The first-order valence-electron chi connectivity index (χ1n) is 5.17. The van der Waals surface area contributed by atoms with Crippen LogP contribution in [0.2, 0.25) is 0 Å². The van der Waals surface area contributed by atoms with Crippen LogP contribution in [-0.2, 0) is 0 Å². The van der Waals surface area contributed by atoms with Crippen molar-refractivity contribution in [2.24, 2.45) is 0 Å². The molecule has 1 unspecified atom stereocenters. The summed E-state index contributed by atoms with van der Waals surface area (Å²) in [6.07, 6.45) is 1.67. The normalized spacial score (nSPS) is 12.1. The third-order valence-electron chi connectivity index (χ3n) is 2.41. The van der Waals surface area contributed by atoms with E-state index >= 15 is 0 Å². The van der Waals surface area contributed by atoms with E-state index in [0.717, 1.165) is 23.1 Å². The maximum atomic E-state index is 13.1. The number of benzene rings is 1. The highest BCUT2D eigenvalue weighted by molar-refractivity contribution is 7.09. The van der Waals surface area contributed by atoms with Crippen molar-refractivity contribution in [3.05, 3.63) is 50.7 Å². The molecule has 7 heteroatoms. The first-order chi connectivity index (χ1) is 8.58. The molecule has 18 heavy (non-hydrogen) atoms. The predicted octanol–water partition coefficient (Wildman–Crippen LogP) is 3.36. The van der Waals surface area contributed by atoms with Gasteiger partial charge in [0, 0.05) is 23.2 Å². The second-order valence-electron chi connectivity index (χ2n) is 3.69. The van der Waals surface area contributed by atoms with E-state index in [-0.39, 0.29) is 17.4 Å². The predicted molar refractivity (Wildman–Crippen MR) is 67.2 cm³/mol. The van der Waals surface area contributed by atoms with Crippen LogP contribution in [0.25, 0.3) is 0 Å². The molecule has 0 spiro atoms. The van der Waals surface area contributed by atoms with Gasteiger partial charge in [0.15, 0.2) is 0 Å². The molecule has 0 aliphatic carbocycles. The fourth-order valence-corrected chi connectivity index (χ4v) is 2.16. The smallest absolute Gasteiger partial charge is 0.292 e. The van der Waals surface area contributed by atoms with Crippen molar-refractivity contribution in [1.82, 2.24) is 4.98 Å². The highest BCUT2D eigenvalue weighted by atomic mass is 32.1. The average molecular weight is 267 g/mol. The SMILES string of the molecule is CC(Nc1cc(F)ccc1[N+](=O)[O-])c1cncs1. The van der Waals surface area contributed by atoms with E-state index < -0.39 is 10.7 Å². The van der Waals surface area contributed by atoms with Gasteiger partial charge in [-0.1, -0.05) is 0 Å². The van der Waals surface area contributed by atoms with Gasteiger partial charge in [-0.2, -0.15) is 0 Å². The van der Waals surface area contributed by atoms with Crippen LogP contribution >= 0.6 is 11.3 Å². The molecule has 0 radical (unpaired) electrons. The number of nitrogens with zero attached hydrogens (tertiary/aromatic N) is 2. The zero-order chi connectivity index (χ0) is 13.1. The van der Waals surface area contributed by atoms with Gasteiger partial charge in [-0.25, -0.2) is 4.39 Å². The standard InChI is InChI=1S/C11H10FN3O2S/c1-7(11-5-13-6-18-11)14-9-4-8(12)2-3-10(9)15(16)17/h2-7,14H,1H3. The number of hydrogen-bond acceptors (Lipinski definition) is 5. The van der Waals surface area contributed by atoms with Gasteiger partial charge in [-0.15, -0.1) is 11.3 Å². The summed E-state index contributed by atoms with van der Waals surface area (Å²) in [5.41, 5.74) is 1.70. The fourth-order valence-electron chi connectivity index (χ4n) is 1.53. The Kier molecular flexibility index (Phi) is 3.52. The Morgan fingerprint density at radius 3 is 2.94 bits per heavy atom. The highest BCUT2D eigenvalue weighted by Crippen LogP contribution is 2.29. The summed E-state index contributed by atoms with van der Waals surface area (Å²) in [4.78, 5) is 15.1. The summed E-state index contributed by atoms with van der Waals surface area (Å²) < 4.78 is 13.1. The number of halogens is 1. The monoisotopic (exact) mass is 267 g/mol. The number of thiazole rings is 1. The quantitative estimate of drug-likeness (QED) is 0.681. The number of aromatic nitrogens is 1. The van der Waals surface area contributed by atoms with Crippen LogP contribution in [0.4, 0.5) is 15.8 Å². The van der Waals surface area contributed by atoms with Gasteiger partial charge in [0.2, 0.25) is 0 Å². The van der Waals surface area contributed by atoms with Crippen LogP contribution < -0.4 is 5.32 Å². The van der Waals surface area contributed by atoms with Crippen molar-refractivity contribution in [1.29, 1.82) is 0 Å². The van der Waals surface area contributed by atoms with E-state index in [2.05, 4.69) is 10.3 Å². The van der Waals surface area contributed by atoms with Crippen molar-refractivity contribution < 1.29 is 9.31 Å². The summed E-state index contributed by atoms with van der Waals surface area (Å²) in [6.45, 7) is 1.84. The van der Waals surface area contributed by atoms with Crippen molar-refractivity contribution in [3.63, 3.8) is 0 Å². The Labute approximate surface area is 106 Å². The molecule has 0 amide bonds. The van der Waals surface area contributed by atoms with Crippen molar-refractivity contribution in [3.8, 4) is 0 Å². The maximum Gasteiger partial charge on any atom is 0.292 e. The molecular formula is C11H10FN3O2S. The number of nitro benzene ring substituents is 1. The second kappa shape index (κ2) is 5.09. The molecule has 1 heterocycles. The molecule has 0 aliphatic rings. The number of nitro groups is 1. The summed E-state index contributed by atoms with van der Waals surface area (Å²) in [5.74, 6) is -0.514. The minimum absolute atomic E-state index is 0.146. The van der Waals surface area contributed by atoms with Crippen LogP contribution in [0.3, 0.4) is 0 Å². The van der Waals surface area contributed by atoms with Gasteiger partial charge < -0.3 is 5.32 Å². The lowest BCUT2D eigenvalue weighted by Crippen LogP contribution is -2.07. The van der Waals surface area contributed by atoms with E-state index in [9.17, 15) is 14.5 Å². The summed E-state index contributed by atoms with van der Waals surface area (Å²) >= 11 is 1.43. The molecule has 2 rings (SSSR count). The van der Waals surface area contributed by atoms with Crippen LogP contribution in [0.15, 0.2) is 29.9 Å². The van der Waals surface area contributed by atoms with Crippen LogP contribution in [0.1, 0.15) is 17.8 Å². The second-order valence-corrected chi connectivity index (χ2v) is 4.61. The van der Waals surface area contributed by atoms with Crippen LogP contribution in [0.5, 0.6) is 0 Å². The average Bonchev–Trinajstić information content (AvgIpc) is 2.81. The van der Waals surface area contributed by atoms with E-state index in [1.807, 2.05) is 6.92 Å². The molecule has 1 aromatic heterocycles. The summed E-state index contributed by atoms with van der Waals surface area (Å²) in [7, 11) is 0. The number of nitrogens with one attached hydrogen (secondary N) is 1. The molecule has 0 bridgehead atoms. The number of hydrogen-bond donors (Lipinski definition) is 1. The maximum absolute atomic E-state index is 13.1. The molecule has 2 aromatic rings. The van der Waals surface area contributed by atoms with Gasteiger partial charge in [0.1, 0.15) is 11.5 Å². The molecule has 1 atom stereocenters. The molecule has 0 saturated carbocycles. The topological polar surface area (TPSA) is 68.1 Å². The Bertz CT molecular complexity index is 559. The highest BCUT2D eigenvalue weighted by Gasteiger charge is 2.17. The molecule has 94 valence electrons. The van der Waals surface area contributed by atoms with E-state index in [0.29, 0.717) is 0 Å². The van der Waals surface area contributed by atoms with Gasteiger partial charge in [-0.3, -0.25) is 15.1 Å². The van der Waals surface area contributed by atoms with Crippen LogP contribution in [-0.4, -0.2) is 9.91 Å². The zero-order valence-electron chi connectivity index (χ0n) is 9.46. The van der Waals surface area contributed by atoms with E-state index in [4.69, 9.17) is 0 Å². The summed E-state index contributed by atoms with van der Waals surface area (Å²) in [6, 6.07) is 3.17. The fraction of sp³-hybridized carbons (Fsp3) is 0.182. The minimum atomic E-state index is -0.541. The van der Waals surface area contributed by atoms with Gasteiger partial charge in [-0.05, 0) is 13.0 Å². The van der Waals surface area contributed by atoms with Crippen molar-refractivity contribution in [2.75, 3.05) is 5.32 Å². The largest absolute Gasteiger partial charge is 0.372 e. The number of rotatable bonds is 4. The minimum Gasteiger partial charge on any atom is -0.372 e. The Hall–Kier alpha value is -2.02. The zero-order valence-corrected chi connectivity index (χ0v) is 10.3. The molecular weight excluding hydrogens is 257 g/mol. The van der Waals surface area contributed by atoms with E-state index in [1.165, 1.54) is 11.3 Å². The van der Waals surface area contributed by atoms with Crippen LogP contribution in [0, 0.1) is 15.9 Å². The Morgan fingerprint density at radius 1 is 1.56 bits per heavy atom. The molecule has 1 N–H and O–H groups in total. The molecule has 1 aromatic carbocycles. The lowest BCUT2D eigenvalue weighted by atomic mass is 10.2. The lowest BCUT2D eigenvalue weighted by molar-refractivity contribution is -0.384.